The van der Waals surface area contributed by atoms with Gasteiger partial charge in [-0.25, -0.2) is 4.68 Å². The molecule has 1 atom stereocenters. The van der Waals surface area contributed by atoms with Gasteiger partial charge < -0.3 is 9.88 Å². The number of hydrogen-bond acceptors (Lipinski definition) is 5. The Balaban J connectivity index is 1.78. The number of aryl methyl sites for hydroxylation is 2. The van der Waals surface area contributed by atoms with Crippen molar-refractivity contribution in [1.29, 1.82) is 0 Å². The van der Waals surface area contributed by atoms with Crippen molar-refractivity contribution in [3.05, 3.63) is 81.4 Å². The minimum Gasteiger partial charge on any atom is -0.357 e. The summed E-state index contributed by atoms with van der Waals surface area (Å²) in [5.41, 5.74) is 4.61. The van der Waals surface area contributed by atoms with E-state index in [1.807, 2.05) is 22.9 Å². The highest BCUT2D eigenvalue weighted by molar-refractivity contribution is 5.80. The first-order valence-corrected chi connectivity index (χ1v) is 11.1. The summed E-state index contributed by atoms with van der Waals surface area (Å²) >= 11 is 0. The lowest BCUT2D eigenvalue weighted by Gasteiger charge is -2.38. The zero-order chi connectivity index (χ0) is 22.5. The van der Waals surface area contributed by atoms with E-state index in [1.165, 1.54) is 5.56 Å². The van der Waals surface area contributed by atoms with Gasteiger partial charge in [-0.3, -0.25) is 4.79 Å². The summed E-state index contributed by atoms with van der Waals surface area (Å²) in [5.74, 6) is 0.673. The molecule has 0 saturated heterocycles. The van der Waals surface area contributed by atoms with Crippen molar-refractivity contribution in [3.63, 3.8) is 0 Å². The molecule has 0 amide bonds. The first-order valence-electron chi connectivity index (χ1n) is 11.1. The van der Waals surface area contributed by atoms with Gasteiger partial charge in [-0.1, -0.05) is 29.8 Å². The van der Waals surface area contributed by atoms with Crippen LogP contribution in [-0.2, 0) is 12.0 Å². The molecule has 0 fully saturated rings. The third-order valence-corrected chi connectivity index (χ3v) is 6.15. The van der Waals surface area contributed by atoms with Gasteiger partial charge >= 0.3 is 0 Å². The molecule has 1 N–H and O–H groups in total. The molecule has 0 unspecified atom stereocenters. The van der Waals surface area contributed by atoms with Crippen LogP contribution in [0.1, 0.15) is 55.7 Å². The van der Waals surface area contributed by atoms with Crippen LogP contribution in [0.3, 0.4) is 0 Å². The maximum atomic E-state index is 13.4. The van der Waals surface area contributed by atoms with Crippen LogP contribution in [0.2, 0.25) is 0 Å². The van der Waals surface area contributed by atoms with Crippen LogP contribution in [0.15, 0.2) is 53.3 Å². The van der Waals surface area contributed by atoms with E-state index in [1.54, 1.807) is 0 Å². The zero-order valence-electron chi connectivity index (χ0n) is 19.0. The monoisotopic (exact) mass is 428 g/mol. The highest BCUT2D eigenvalue weighted by Crippen LogP contribution is 2.37. The van der Waals surface area contributed by atoms with E-state index in [2.05, 4.69) is 83.4 Å². The van der Waals surface area contributed by atoms with Crippen LogP contribution in [-0.4, -0.2) is 31.7 Å². The Kier molecular flexibility index (Phi) is 4.84. The average molecular weight is 429 g/mol. The molecule has 0 aliphatic carbocycles. The number of fused-ring (bicyclic) bond motifs is 2. The van der Waals surface area contributed by atoms with Gasteiger partial charge in [0.05, 0.1) is 5.54 Å². The second-order valence-corrected chi connectivity index (χ2v) is 9.59. The van der Waals surface area contributed by atoms with Crippen LogP contribution in [0, 0.1) is 6.92 Å². The molecule has 1 aliphatic rings. The Morgan fingerprint density at radius 2 is 1.91 bits per heavy atom. The maximum absolute atomic E-state index is 13.4. The van der Waals surface area contributed by atoms with E-state index in [4.69, 9.17) is 0 Å². The number of anilines is 1. The molecule has 4 aromatic rings. The number of hydrogen-bond donors (Lipinski definition) is 1. The van der Waals surface area contributed by atoms with Crippen molar-refractivity contribution in [2.24, 2.45) is 0 Å². The van der Waals surface area contributed by atoms with Gasteiger partial charge in [0, 0.05) is 23.3 Å². The van der Waals surface area contributed by atoms with Gasteiger partial charge in [0.1, 0.15) is 6.04 Å². The molecule has 2 aromatic heterocycles. The Morgan fingerprint density at radius 3 is 2.72 bits per heavy atom. The van der Waals surface area contributed by atoms with Gasteiger partial charge in [0.15, 0.2) is 5.82 Å². The summed E-state index contributed by atoms with van der Waals surface area (Å²) in [5, 5.41) is 13.8. The largest absolute Gasteiger partial charge is 0.357 e. The molecule has 0 spiro atoms. The zero-order valence-corrected chi connectivity index (χ0v) is 19.0. The fourth-order valence-corrected chi connectivity index (χ4v) is 4.67. The lowest BCUT2D eigenvalue weighted by Crippen LogP contribution is -2.40. The molecule has 2 aromatic carbocycles. The Morgan fingerprint density at radius 1 is 1.09 bits per heavy atom. The molecule has 1 aliphatic heterocycles. The average Bonchev–Trinajstić information content (AvgIpc) is 3.25. The third-order valence-electron chi connectivity index (χ3n) is 6.15. The van der Waals surface area contributed by atoms with E-state index in [9.17, 15) is 4.79 Å². The van der Waals surface area contributed by atoms with E-state index in [0.29, 0.717) is 11.4 Å². The third kappa shape index (κ3) is 3.47. The van der Waals surface area contributed by atoms with Crippen molar-refractivity contribution in [3.8, 4) is 0 Å². The molecule has 0 radical (unpaired) electrons. The lowest BCUT2D eigenvalue weighted by molar-refractivity contribution is 0.329. The van der Waals surface area contributed by atoms with E-state index >= 15 is 0 Å². The van der Waals surface area contributed by atoms with E-state index < -0.39 is 6.04 Å². The normalized spacial score (nSPS) is 15.1. The number of H-pyrrole nitrogens is 1. The molecule has 164 valence electrons. The minimum atomic E-state index is -0.403. The number of rotatable bonds is 3. The summed E-state index contributed by atoms with van der Waals surface area (Å²) in [6.07, 6.45) is 2.03. The van der Waals surface area contributed by atoms with Crippen LogP contribution >= 0.6 is 0 Å². The Hall–Kier alpha value is -3.48. The fourth-order valence-electron chi connectivity index (χ4n) is 4.67. The molecule has 0 saturated carbocycles. The van der Waals surface area contributed by atoms with Gasteiger partial charge in [0.25, 0.3) is 5.56 Å². The molecule has 3 heterocycles. The summed E-state index contributed by atoms with van der Waals surface area (Å²) in [6.45, 7) is 9.10. The first kappa shape index (κ1) is 20.4. The number of aromatic nitrogens is 5. The number of pyridine rings is 1. The highest BCUT2D eigenvalue weighted by atomic mass is 16.1. The van der Waals surface area contributed by atoms with Crippen molar-refractivity contribution in [2.45, 2.75) is 52.1 Å². The molecular formula is C25H28N6O. The van der Waals surface area contributed by atoms with Crippen molar-refractivity contribution in [2.75, 3.05) is 11.4 Å². The molecule has 7 nitrogen and oxygen atoms in total. The number of aromatic amines is 1. The predicted molar refractivity (Wildman–Crippen MR) is 126 cm³/mol. The summed E-state index contributed by atoms with van der Waals surface area (Å²) in [4.78, 5) is 18.8. The van der Waals surface area contributed by atoms with Crippen molar-refractivity contribution in [1.82, 2.24) is 25.2 Å². The smallest absolute Gasteiger partial charge is 0.254 e. The van der Waals surface area contributed by atoms with Crippen LogP contribution in [0.25, 0.3) is 10.9 Å². The lowest BCUT2D eigenvalue weighted by atomic mass is 9.95. The standard InChI is InChI=1S/C25H28N6O/c1-16-11-12-20-18(14-16)15-19(24(32)26-20)22(23-27-28-29-31(23)25(2,3)4)30-13-7-9-17-8-5-6-10-21(17)30/h5-6,8,10-12,14-15,22H,7,9,13H2,1-4H3,(H,26,32)/t22-/m1/s1. The van der Waals surface area contributed by atoms with Gasteiger partial charge in [-0.2, -0.15) is 0 Å². The van der Waals surface area contributed by atoms with Gasteiger partial charge in [-0.15, -0.1) is 5.10 Å². The van der Waals surface area contributed by atoms with Gasteiger partial charge in [0.2, 0.25) is 0 Å². The molecule has 7 heteroatoms. The molecule has 5 rings (SSSR count). The number of para-hydroxylation sites is 1. The molecule has 32 heavy (non-hydrogen) atoms. The SMILES string of the molecule is Cc1ccc2[nH]c(=O)c([C@H](c3nnnn3C(C)(C)C)N3CCCc4ccccc43)cc2c1. The Labute approximate surface area is 187 Å². The van der Waals surface area contributed by atoms with Crippen molar-refractivity contribution >= 4 is 16.6 Å². The fraction of sp³-hybridized carbons (Fsp3) is 0.360. The quantitative estimate of drug-likeness (QED) is 0.531. The highest BCUT2D eigenvalue weighted by Gasteiger charge is 2.35. The summed E-state index contributed by atoms with van der Waals surface area (Å²) in [7, 11) is 0. The second-order valence-electron chi connectivity index (χ2n) is 9.59. The number of nitrogens with zero attached hydrogens (tertiary/aromatic N) is 5. The van der Waals surface area contributed by atoms with Gasteiger partial charge in [-0.05, 0) is 86.2 Å². The summed E-state index contributed by atoms with van der Waals surface area (Å²) in [6, 6.07) is 16.1. The first-order chi connectivity index (χ1) is 15.3. The van der Waals surface area contributed by atoms with E-state index in [-0.39, 0.29) is 11.1 Å². The molecular weight excluding hydrogens is 400 g/mol. The van der Waals surface area contributed by atoms with Crippen molar-refractivity contribution < 1.29 is 0 Å². The van der Waals surface area contributed by atoms with Crippen LogP contribution in [0.4, 0.5) is 5.69 Å². The maximum Gasteiger partial charge on any atom is 0.254 e. The van der Waals surface area contributed by atoms with E-state index in [0.717, 1.165) is 41.5 Å². The predicted octanol–water partition coefficient (Wildman–Crippen LogP) is 4.12. The minimum absolute atomic E-state index is 0.113. The number of tetrazole rings is 1. The Bertz CT molecular complexity index is 1350. The molecule has 0 bridgehead atoms. The topological polar surface area (TPSA) is 79.7 Å². The van der Waals surface area contributed by atoms with Crippen LogP contribution < -0.4 is 10.5 Å². The number of benzene rings is 2. The number of nitrogens with one attached hydrogen (secondary N) is 1. The second kappa shape index (κ2) is 7.58. The van der Waals surface area contributed by atoms with Crippen LogP contribution in [0.5, 0.6) is 0 Å². The summed E-state index contributed by atoms with van der Waals surface area (Å²) < 4.78 is 1.84.